The van der Waals surface area contributed by atoms with Crippen molar-refractivity contribution in [2.45, 2.75) is 25.5 Å². The first-order valence-electron chi connectivity index (χ1n) is 9.02. The number of rotatable bonds is 7. The van der Waals surface area contributed by atoms with E-state index in [1.54, 1.807) is 0 Å². The molecule has 1 aromatic carbocycles. The standard InChI is InChI=1S/C19H22N6O3S/c1-11(2)9-25-15(20)14(17(27)24(3)19(25)28)13(26)10-29-18-21-16(22-23-18)12-7-5-4-6-8-12/h4-8,11H,9-10,20H2,1-3H3,(H,21,22,23). The molecule has 0 aliphatic rings. The molecular formula is C19H22N6O3S. The molecule has 29 heavy (non-hydrogen) atoms. The van der Waals surface area contributed by atoms with E-state index < -0.39 is 17.0 Å². The molecule has 3 rings (SSSR count). The van der Waals surface area contributed by atoms with Crippen LogP contribution in [-0.2, 0) is 13.6 Å². The van der Waals surface area contributed by atoms with Gasteiger partial charge in [0.25, 0.3) is 5.56 Å². The van der Waals surface area contributed by atoms with Crippen LogP contribution in [0.5, 0.6) is 0 Å². The summed E-state index contributed by atoms with van der Waals surface area (Å²) in [5.41, 5.74) is 5.49. The molecule has 0 saturated heterocycles. The number of hydrogen-bond donors (Lipinski definition) is 2. The second kappa shape index (κ2) is 8.48. The minimum atomic E-state index is -0.696. The van der Waals surface area contributed by atoms with Crippen LogP contribution in [0.15, 0.2) is 45.1 Å². The number of carbonyl (C=O) groups is 1. The number of ketones is 1. The van der Waals surface area contributed by atoms with E-state index in [0.717, 1.165) is 21.9 Å². The van der Waals surface area contributed by atoms with Crippen molar-refractivity contribution in [1.29, 1.82) is 0 Å². The highest BCUT2D eigenvalue weighted by atomic mass is 32.2. The molecule has 0 fully saturated rings. The molecule has 0 radical (unpaired) electrons. The van der Waals surface area contributed by atoms with Gasteiger partial charge >= 0.3 is 5.69 Å². The summed E-state index contributed by atoms with van der Waals surface area (Å²) in [4.78, 5) is 41.9. The summed E-state index contributed by atoms with van der Waals surface area (Å²) in [6.45, 7) is 4.15. The molecule has 2 heterocycles. The molecule has 0 unspecified atom stereocenters. The molecule has 0 bridgehead atoms. The third kappa shape index (κ3) is 4.32. The molecule has 0 spiro atoms. The monoisotopic (exact) mass is 414 g/mol. The highest BCUT2D eigenvalue weighted by Crippen LogP contribution is 2.20. The van der Waals surface area contributed by atoms with Gasteiger partial charge in [-0.25, -0.2) is 9.78 Å². The average Bonchev–Trinajstić information content (AvgIpc) is 3.18. The number of hydrogen-bond acceptors (Lipinski definition) is 7. The zero-order valence-electron chi connectivity index (χ0n) is 16.4. The summed E-state index contributed by atoms with van der Waals surface area (Å²) in [5.74, 6) is 0.0516. The van der Waals surface area contributed by atoms with Gasteiger partial charge in [-0.3, -0.25) is 23.8 Å². The van der Waals surface area contributed by atoms with Crippen molar-refractivity contribution >= 4 is 23.4 Å². The first kappa shape index (κ1) is 20.6. The number of Topliss-reactive ketones (excluding diaryl/α,β-unsaturated/α-hetero) is 1. The Balaban J connectivity index is 1.83. The zero-order valence-corrected chi connectivity index (χ0v) is 17.2. The minimum absolute atomic E-state index is 0.0780. The highest BCUT2D eigenvalue weighted by Gasteiger charge is 2.22. The first-order chi connectivity index (χ1) is 13.8. The van der Waals surface area contributed by atoms with Crippen LogP contribution < -0.4 is 17.0 Å². The summed E-state index contributed by atoms with van der Waals surface area (Å²) < 4.78 is 2.18. The fraction of sp³-hybridized carbons (Fsp3) is 0.316. The Hall–Kier alpha value is -3.14. The second-order valence-electron chi connectivity index (χ2n) is 6.96. The number of benzene rings is 1. The van der Waals surface area contributed by atoms with E-state index >= 15 is 0 Å². The third-order valence-corrected chi connectivity index (χ3v) is 5.10. The Morgan fingerprint density at radius 2 is 1.93 bits per heavy atom. The summed E-state index contributed by atoms with van der Waals surface area (Å²) in [6, 6.07) is 9.46. The molecule has 0 atom stereocenters. The van der Waals surface area contributed by atoms with E-state index in [4.69, 9.17) is 5.73 Å². The van der Waals surface area contributed by atoms with Gasteiger partial charge in [0.1, 0.15) is 11.4 Å². The van der Waals surface area contributed by atoms with Crippen molar-refractivity contribution in [3.05, 3.63) is 56.7 Å². The Morgan fingerprint density at radius 1 is 1.24 bits per heavy atom. The van der Waals surface area contributed by atoms with Crippen molar-refractivity contribution in [3.8, 4) is 11.4 Å². The van der Waals surface area contributed by atoms with Crippen molar-refractivity contribution in [2.75, 3.05) is 11.5 Å². The Bertz CT molecular complexity index is 1150. The Kier molecular flexibility index (Phi) is 6.02. The molecule has 3 aromatic rings. The van der Waals surface area contributed by atoms with Crippen LogP contribution in [0.2, 0.25) is 0 Å². The normalized spacial score (nSPS) is 11.2. The predicted molar refractivity (Wildman–Crippen MR) is 112 cm³/mol. The van der Waals surface area contributed by atoms with Gasteiger partial charge < -0.3 is 5.73 Å². The number of nitrogens with two attached hydrogens (primary N) is 1. The van der Waals surface area contributed by atoms with Gasteiger partial charge in [0.05, 0.1) is 5.75 Å². The lowest BCUT2D eigenvalue weighted by atomic mass is 10.2. The second-order valence-corrected chi connectivity index (χ2v) is 7.90. The molecule has 3 N–H and O–H groups in total. The number of thioether (sulfide) groups is 1. The topological polar surface area (TPSA) is 129 Å². The van der Waals surface area contributed by atoms with Gasteiger partial charge in [-0.15, -0.1) is 5.10 Å². The van der Waals surface area contributed by atoms with Gasteiger partial charge in [-0.05, 0) is 5.92 Å². The summed E-state index contributed by atoms with van der Waals surface area (Å²) in [6.07, 6.45) is 0. The molecular weight excluding hydrogens is 392 g/mol. The van der Waals surface area contributed by atoms with E-state index in [2.05, 4.69) is 15.2 Å². The van der Waals surface area contributed by atoms with Crippen molar-refractivity contribution in [2.24, 2.45) is 13.0 Å². The largest absolute Gasteiger partial charge is 0.384 e. The van der Waals surface area contributed by atoms with E-state index in [1.807, 2.05) is 44.2 Å². The predicted octanol–water partition coefficient (Wildman–Crippen LogP) is 1.55. The fourth-order valence-electron chi connectivity index (χ4n) is 2.83. The van der Waals surface area contributed by atoms with Gasteiger partial charge in [-0.1, -0.05) is 55.9 Å². The van der Waals surface area contributed by atoms with Gasteiger partial charge in [0.2, 0.25) is 5.16 Å². The quantitative estimate of drug-likeness (QED) is 0.443. The van der Waals surface area contributed by atoms with Gasteiger partial charge in [0.15, 0.2) is 11.6 Å². The average molecular weight is 414 g/mol. The maximum atomic E-state index is 12.7. The maximum absolute atomic E-state index is 12.7. The first-order valence-corrected chi connectivity index (χ1v) is 10.0. The molecule has 0 saturated carbocycles. The molecule has 10 heteroatoms. The van der Waals surface area contributed by atoms with Gasteiger partial charge in [0, 0.05) is 19.2 Å². The van der Waals surface area contributed by atoms with Crippen molar-refractivity contribution in [1.82, 2.24) is 24.3 Å². The molecule has 9 nitrogen and oxygen atoms in total. The number of anilines is 1. The third-order valence-electron chi connectivity index (χ3n) is 4.25. The number of aromatic nitrogens is 5. The van der Waals surface area contributed by atoms with E-state index in [1.165, 1.54) is 11.6 Å². The van der Waals surface area contributed by atoms with Crippen LogP contribution >= 0.6 is 11.8 Å². The van der Waals surface area contributed by atoms with Gasteiger partial charge in [-0.2, -0.15) is 0 Å². The van der Waals surface area contributed by atoms with Crippen LogP contribution in [0.3, 0.4) is 0 Å². The number of nitrogen functional groups attached to an aromatic ring is 1. The minimum Gasteiger partial charge on any atom is -0.384 e. The lowest BCUT2D eigenvalue weighted by Gasteiger charge is -2.15. The van der Waals surface area contributed by atoms with Crippen LogP contribution in [0.25, 0.3) is 11.4 Å². The fourth-order valence-corrected chi connectivity index (χ4v) is 3.50. The molecule has 0 aliphatic heterocycles. The summed E-state index contributed by atoms with van der Waals surface area (Å²) in [7, 11) is 1.34. The van der Waals surface area contributed by atoms with Crippen molar-refractivity contribution in [3.63, 3.8) is 0 Å². The lowest BCUT2D eigenvalue weighted by molar-refractivity contribution is 0.102. The van der Waals surface area contributed by atoms with E-state index in [0.29, 0.717) is 17.5 Å². The Labute approximate surface area is 171 Å². The number of nitrogens with one attached hydrogen (secondary N) is 1. The molecule has 0 aliphatic carbocycles. The molecule has 0 amide bonds. The number of H-pyrrole nitrogens is 1. The van der Waals surface area contributed by atoms with Crippen LogP contribution in [0.1, 0.15) is 24.2 Å². The number of aromatic amines is 1. The smallest absolute Gasteiger partial charge is 0.332 e. The SMILES string of the molecule is CC(C)Cn1c(N)c(C(=O)CSc2n[nH]c(-c3ccccc3)n2)c(=O)n(C)c1=O. The molecule has 2 aromatic heterocycles. The Morgan fingerprint density at radius 3 is 2.59 bits per heavy atom. The van der Waals surface area contributed by atoms with Crippen molar-refractivity contribution < 1.29 is 4.79 Å². The van der Waals surface area contributed by atoms with Crippen LogP contribution in [0, 0.1) is 5.92 Å². The van der Waals surface area contributed by atoms with Crippen LogP contribution in [0.4, 0.5) is 5.82 Å². The maximum Gasteiger partial charge on any atom is 0.332 e. The zero-order chi connectivity index (χ0) is 21.1. The van der Waals surface area contributed by atoms with Crippen LogP contribution in [-0.4, -0.2) is 35.9 Å². The number of carbonyl (C=O) groups excluding carboxylic acids is 1. The summed E-state index contributed by atoms with van der Waals surface area (Å²) >= 11 is 1.09. The molecule has 152 valence electrons. The lowest BCUT2D eigenvalue weighted by Crippen LogP contribution is -2.43. The summed E-state index contributed by atoms with van der Waals surface area (Å²) in [5, 5.41) is 7.30. The highest BCUT2D eigenvalue weighted by molar-refractivity contribution is 7.99. The number of nitrogens with zero attached hydrogens (tertiary/aromatic N) is 4. The van der Waals surface area contributed by atoms with E-state index in [9.17, 15) is 14.4 Å². The van der Waals surface area contributed by atoms with E-state index in [-0.39, 0.29) is 23.1 Å².